The summed E-state index contributed by atoms with van der Waals surface area (Å²) >= 11 is 0. The minimum Gasteiger partial charge on any atom is -0.296 e. The van der Waals surface area contributed by atoms with Crippen LogP contribution in [0.3, 0.4) is 0 Å². The number of benzene rings is 1. The number of rotatable bonds is 16. The van der Waals surface area contributed by atoms with Gasteiger partial charge in [-0.15, -0.1) is 0 Å². The van der Waals surface area contributed by atoms with Crippen molar-refractivity contribution in [3.8, 4) is 0 Å². The van der Waals surface area contributed by atoms with Crippen molar-refractivity contribution in [2.45, 2.75) is 115 Å². The van der Waals surface area contributed by atoms with Crippen LogP contribution in [0.4, 0.5) is 13.2 Å². The molecule has 1 aromatic heterocycles. The summed E-state index contributed by atoms with van der Waals surface area (Å²) in [5.74, 6) is 0.188. The number of unbranched alkanes of at least 4 members (excludes halogenated alkanes) is 7. The van der Waals surface area contributed by atoms with E-state index in [1.165, 1.54) is 70.5 Å². The molecule has 2 saturated carbocycles. The molecule has 0 spiro atoms. The highest BCUT2D eigenvalue weighted by molar-refractivity contribution is 5.36. The highest BCUT2D eigenvalue weighted by atomic mass is 19.3. The van der Waals surface area contributed by atoms with Crippen LogP contribution in [0.25, 0.3) is 0 Å². The van der Waals surface area contributed by atoms with E-state index in [2.05, 4.69) is 35.1 Å². The largest absolute Gasteiger partial charge is 0.296 e. The van der Waals surface area contributed by atoms with Crippen molar-refractivity contribution in [2.75, 3.05) is 6.54 Å². The number of hydrogen-bond donors (Lipinski definition) is 0. The Labute approximate surface area is 209 Å². The van der Waals surface area contributed by atoms with Gasteiger partial charge in [-0.05, 0) is 75.5 Å². The maximum Gasteiger partial charge on any atom is 0.282 e. The second-order valence-electron chi connectivity index (χ2n) is 10.8. The van der Waals surface area contributed by atoms with Gasteiger partial charge in [-0.3, -0.25) is 4.90 Å². The van der Waals surface area contributed by atoms with Gasteiger partial charge in [-0.1, -0.05) is 62.3 Å². The molecule has 2 aromatic rings. The molecule has 2 aliphatic carbocycles. The zero-order valence-corrected chi connectivity index (χ0v) is 21.5. The summed E-state index contributed by atoms with van der Waals surface area (Å²) in [4.78, 5) is 2.73. The van der Waals surface area contributed by atoms with E-state index in [9.17, 15) is 13.2 Å². The van der Waals surface area contributed by atoms with Gasteiger partial charge < -0.3 is 0 Å². The molecule has 0 N–H and O–H groups in total. The van der Waals surface area contributed by atoms with Crippen molar-refractivity contribution in [3.05, 3.63) is 52.1 Å². The summed E-state index contributed by atoms with van der Waals surface area (Å²) in [7, 11) is 1.38. The quantitative estimate of drug-likeness (QED) is 0.223. The lowest BCUT2D eigenvalue weighted by Crippen LogP contribution is -2.27. The fourth-order valence-corrected chi connectivity index (χ4v) is 5.36. The Morgan fingerprint density at radius 1 is 0.971 bits per heavy atom. The average molecular weight is 490 g/mol. The molecule has 1 heterocycles. The smallest absolute Gasteiger partial charge is 0.282 e. The van der Waals surface area contributed by atoms with Crippen LogP contribution in [-0.2, 0) is 20.0 Å². The Bertz CT molecular complexity index is 947. The summed E-state index contributed by atoms with van der Waals surface area (Å²) in [6.45, 7) is 4.52. The molecule has 4 rings (SSSR count). The Balaban J connectivity index is 1.09. The van der Waals surface area contributed by atoms with Crippen LogP contribution in [0, 0.1) is 12.9 Å². The molecule has 0 radical (unpaired) electrons. The van der Waals surface area contributed by atoms with Gasteiger partial charge in [-0.2, -0.15) is 9.49 Å². The van der Waals surface area contributed by atoms with Gasteiger partial charge in [-0.25, -0.2) is 13.5 Å². The third-order valence-corrected chi connectivity index (χ3v) is 7.68. The first kappa shape index (κ1) is 26.2. The van der Waals surface area contributed by atoms with Crippen molar-refractivity contribution in [2.24, 2.45) is 7.05 Å². The van der Waals surface area contributed by atoms with Crippen LogP contribution < -0.4 is 0 Å². The van der Waals surface area contributed by atoms with E-state index in [-0.39, 0.29) is 5.56 Å². The molecule has 0 atom stereocenters. The lowest BCUT2D eigenvalue weighted by Gasteiger charge is -2.24. The SMILES string of the molecule is Cc1ccc(C2CC2)c(CN(CCCCCCCCCCc2c(C(F)F)nn(C)c2F)C2CC2)c1. The van der Waals surface area contributed by atoms with Gasteiger partial charge in [0, 0.05) is 25.2 Å². The molecule has 0 saturated heterocycles. The Kier molecular flexibility index (Phi) is 9.32. The van der Waals surface area contributed by atoms with Crippen molar-refractivity contribution in [1.29, 1.82) is 0 Å². The first-order valence-electron chi connectivity index (χ1n) is 13.8. The molecule has 2 fully saturated rings. The van der Waals surface area contributed by atoms with Gasteiger partial charge in [0.1, 0.15) is 5.69 Å². The Morgan fingerprint density at radius 2 is 1.63 bits per heavy atom. The van der Waals surface area contributed by atoms with E-state index in [1.807, 2.05) is 0 Å². The minimum atomic E-state index is -2.71. The molecule has 6 heteroatoms. The van der Waals surface area contributed by atoms with E-state index < -0.39 is 18.1 Å². The molecule has 35 heavy (non-hydrogen) atoms. The molecular weight excluding hydrogens is 447 g/mol. The van der Waals surface area contributed by atoms with Gasteiger partial charge in [0.25, 0.3) is 6.43 Å². The van der Waals surface area contributed by atoms with Crippen molar-refractivity contribution >= 4 is 0 Å². The molecule has 194 valence electrons. The second-order valence-corrected chi connectivity index (χ2v) is 10.8. The van der Waals surface area contributed by atoms with Crippen molar-refractivity contribution < 1.29 is 13.2 Å². The van der Waals surface area contributed by atoms with Crippen LogP contribution in [0.2, 0.25) is 0 Å². The third kappa shape index (κ3) is 7.58. The third-order valence-electron chi connectivity index (χ3n) is 7.68. The van der Waals surface area contributed by atoms with Gasteiger partial charge in [0.15, 0.2) is 0 Å². The molecule has 0 aliphatic heterocycles. The molecule has 1 aromatic carbocycles. The zero-order valence-electron chi connectivity index (χ0n) is 21.5. The zero-order chi connectivity index (χ0) is 24.8. The average Bonchev–Trinajstić information content (AvgIpc) is 3.74. The maximum absolute atomic E-state index is 14.0. The number of halogens is 3. The normalized spacial score (nSPS) is 16.1. The predicted octanol–water partition coefficient (Wildman–Crippen LogP) is 8.01. The van der Waals surface area contributed by atoms with E-state index >= 15 is 0 Å². The second kappa shape index (κ2) is 12.4. The van der Waals surface area contributed by atoms with Crippen LogP contribution in [0.1, 0.15) is 117 Å². The topological polar surface area (TPSA) is 21.1 Å². The summed E-state index contributed by atoms with van der Waals surface area (Å²) in [5.41, 5.74) is 4.23. The Hall–Kier alpha value is -1.82. The van der Waals surface area contributed by atoms with E-state index in [0.29, 0.717) is 6.42 Å². The van der Waals surface area contributed by atoms with Gasteiger partial charge in [0.2, 0.25) is 5.95 Å². The molecule has 3 nitrogen and oxygen atoms in total. The number of nitrogens with zero attached hydrogens (tertiary/aromatic N) is 3. The molecule has 2 aliphatic rings. The van der Waals surface area contributed by atoms with Crippen LogP contribution in [0.15, 0.2) is 18.2 Å². The fraction of sp³-hybridized carbons (Fsp3) is 0.690. The van der Waals surface area contributed by atoms with Gasteiger partial charge >= 0.3 is 0 Å². The highest BCUT2D eigenvalue weighted by Gasteiger charge is 2.31. The first-order chi connectivity index (χ1) is 16.9. The van der Waals surface area contributed by atoms with Crippen molar-refractivity contribution in [1.82, 2.24) is 14.7 Å². The summed E-state index contributed by atoms with van der Waals surface area (Å²) in [6.07, 6.45) is 12.0. The van der Waals surface area contributed by atoms with Crippen LogP contribution >= 0.6 is 0 Å². The molecule has 0 unspecified atom stereocenters. The molecule has 0 bridgehead atoms. The lowest BCUT2D eigenvalue weighted by atomic mass is 10.00. The predicted molar refractivity (Wildman–Crippen MR) is 135 cm³/mol. The van der Waals surface area contributed by atoms with Crippen LogP contribution in [-0.4, -0.2) is 27.3 Å². The van der Waals surface area contributed by atoms with E-state index in [4.69, 9.17) is 0 Å². The van der Waals surface area contributed by atoms with Crippen LogP contribution in [0.5, 0.6) is 0 Å². The maximum atomic E-state index is 14.0. The first-order valence-corrected chi connectivity index (χ1v) is 13.8. The summed E-state index contributed by atoms with van der Waals surface area (Å²) in [6, 6.07) is 7.85. The number of aryl methyl sites for hydroxylation is 2. The highest BCUT2D eigenvalue weighted by Crippen LogP contribution is 2.42. The standard InChI is InChI=1S/C29H42F3N3/c1-21-12-17-25(22-13-14-22)23(19-21)20-35(24-15-16-24)18-10-8-6-4-3-5-7-9-11-26-27(28(30)31)33-34(2)29(26)32/h12,17,19,22,24,28H,3-11,13-16,18,20H2,1-2H3. The number of alkyl halides is 2. The number of aromatic nitrogens is 2. The van der Waals surface area contributed by atoms with Crippen molar-refractivity contribution in [3.63, 3.8) is 0 Å². The molecular formula is C29H42F3N3. The lowest BCUT2D eigenvalue weighted by molar-refractivity contribution is 0.144. The molecule has 0 amide bonds. The monoisotopic (exact) mass is 489 g/mol. The fourth-order valence-electron chi connectivity index (χ4n) is 5.36. The van der Waals surface area contributed by atoms with Gasteiger partial charge in [0.05, 0.1) is 0 Å². The van der Waals surface area contributed by atoms with E-state index in [1.54, 1.807) is 11.1 Å². The minimum absolute atomic E-state index is 0.0950. The number of hydrogen-bond acceptors (Lipinski definition) is 2. The summed E-state index contributed by atoms with van der Waals surface area (Å²) < 4.78 is 41.0. The summed E-state index contributed by atoms with van der Waals surface area (Å²) in [5, 5.41) is 3.62. The Morgan fingerprint density at radius 3 is 2.26 bits per heavy atom. The van der Waals surface area contributed by atoms with E-state index in [0.717, 1.165) is 48.9 Å².